The van der Waals surface area contributed by atoms with E-state index >= 15 is 0 Å². The van der Waals surface area contributed by atoms with E-state index in [1.165, 1.54) is 60.7 Å². The minimum absolute atomic E-state index is 0.00335. The largest absolute Gasteiger partial charge is 0.508 e. The average molecular weight is 613 g/mol. The summed E-state index contributed by atoms with van der Waals surface area (Å²) in [5, 5.41) is 9.37. The number of aromatic hydroxyl groups is 1. The topological polar surface area (TPSA) is 125 Å². The first-order chi connectivity index (χ1) is 20.1. The van der Waals surface area contributed by atoms with Gasteiger partial charge < -0.3 is 24.1 Å². The van der Waals surface area contributed by atoms with E-state index in [1.54, 1.807) is 36.4 Å². The molecule has 0 saturated heterocycles. The fourth-order valence-corrected chi connectivity index (χ4v) is 6.36. The van der Waals surface area contributed by atoms with Crippen molar-refractivity contribution in [3.63, 3.8) is 0 Å². The Kier molecular flexibility index (Phi) is 10.1. The highest BCUT2D eigenvalue weighted by Gasteiger charge is 2.19. The van der Waals surface area contributed by atoms with Gasteiger partial charge in [0.05, 0.1) is 38.9 Å². The molecule has 9 nitrogen and oxygen atoms in total. The molecule has 4 aromatic rings. The summed E-state index contributed by atoms with van der Waals surface area (Å²) in [4.78, 5) is 0.541. The first kappa shape index (κ1) is 30.9. The second-order valence-electron chi connectivity index (χ2n) is 9.39. The van der Waals surface area contributed by atoms with Crippen molar-refractivity contribution in [2.24, 2.45) is 0 Å². The molecule has 0 fully saturated rings. The van der Waals surface area contributed by atoms with E-state index in [0.717, 1.165) is 0 Å². The third-order valence-corrected chi connectivity index (χ3v) is 9.48. The SMILES string of the molecule is CC(C)Oc1ccc(S(=O)(=O)c2ccc(OCCOCCOc3ccc(S(=O)(=O)c4ccc(O)cc4)cc3)cc2)cc1. The van der Waals surface area contributed by atoms with Crippen LogP contribution in [-0.2, 0) is 24.4 Å². The van der Waals surface area contributed by atoms with Crippen LogP contribution in [-0.4, -0.2) is 54.5 Å². The number of ether oxygens (including phenoxy) is 4. The molecule has 0 aliphatic carbocycles. The standard InChI is InChI=1S/C31H32O9S2/c1-23(2)40-27-9-17-31(18-10-27)42(35,36)30-15-7-26(8-16-30)39-22-20-37-19-21-38-25-5-13-29(14-6-25)41(33,34)28-11-3-24(32)4-12-28/h3-18,23,32H,19-22H2,1-2H3. The predicted octanol–water partition coefficient (Wildman–Crippen LogP) is 5.32. The molecule has 1 N–H and O–H groups in total. The van der Waals surface area contributed by atoms with Crippen LogP contribution in [0.15, 0.2) is 117 Å². The zero-order valence-corrected chi connectivity index (χ0v) is 24.8. The molecular weight excluding hydrogens is 580 g/mol. The summed E-state index contributed by atoms with van der Waals surface area (Å²) >= 11 is 0. The molecule has 0 aromatic heterocycles. The van der Waals surface area contributed by atoms with Crippen molar-refractivity contribution in [3.05, 3.63) is 97.1 Å². The molecule has 0 amide bonds. The Hall–Kier alpha value is -4.06. The van der Waals surface area contributed by atoms with Gasteiger partial charge in [-0.25, -0.2) is 16.8 Å². The van der Waals surface area contributed by atoms with E-state index < -0.39 is 19.7 Å². The lowest BCUT2D eigenvalue weighted by molar-refractivity contribution is 0.0764. The second-order valence-corrected chi connectivity index (χ2v) is 13.3. The zero-order valence-electron chi connectivity index (χ0n) is 23.2. The molecule has 0 atom stereocenters. The van der Waals surface area contributed by atoms with E-state index in [1.807, 2.05) is 13.8 Å². The van der Waals surface area contributed by atoms with Crippen molar-refractivity contribution >= 4 is 19.7 Å². The minimum Gasteiger partial charge on any atom is -0.508 e. The molecule has 0 aliphatic rings. The fraction of sp³-hybridized carbons (Fsp3) is 0.226. The molecule has 0 aliphatic heterocycles. The maximum atomic E-state index is 12.9. The number of hydrogen-bond acceptors (Lipinski definition) is 9. The van der Waals surface area contributed by atoms with Crippen molar-refractivity contribution in [1.29, 1.82) is 0 Å². The van der Waals surface area contributed by atoms with Crippen LogP contribution in [0.25, 0.3) is 0 Å². The van der Waals surface area contributed by atoms with Crippen LogP contribution in [0.2, 0.25) is 0 Å². The summed E-state index contributed by atoms with van der Waals surface area (Å²) in [6, 6.07) is 23.9. The molecule has 4 rings (SSSR count). The number of hydrogen-bond donors (Lipinski definition) is 1. The van der Waals surface area contributed by atoms with Crippen LogP contribution in [0.5, 0.6) is 23.0 Å². The molecule has 11 heteroatoms. The maximum Gasteiger partial charge on any atom is 0.206 e. The molecule has 42 heavy (non-hydrogen) atoms. The number of sulfone groups is 2. The van der Waals surface area contributed by atoms with Crippen molar-refractivity contribution < 1.29 is 40.9 Å². The molecule has 0 heterocycles. The minimum atomic E-state index is -3.70. The van der Waals surface area contributed by atoms with Crippen molar-refractivity contribution in [2.75, 3.05) is 26.4 Å². The van der Waals surface area contributed by atoms with Gasteiger partial charge in [-0.3, -0.25) is 0 Å². The normalized spacial score (nSPS) is 11.8. The highest BCUT2D eigenvalue weighted by atomic mass is 32.2. The van der Waals surface area contributed by atoms with E-state index in [-0.39, 0.29) is 57.9 Å². The van der Waals surface area contributed by atoms with Gasteiger partial charge in [0.1, 0.15) is 36.2 Å². The lowest BCUT2D eigenvalue weighted by Gasteiger charge is -2.11. The van der Waals surface area contributed by atoms with Gasteiger partial charge in [-0.2, -0.15) is 0 Å². The Morgan fingerprint density at radius 3 is 1.21 bits per heavy atom. The lowest BCUT2D eigenvalue weighted by atomic mass is 10.3. The summed E-state index contributed by atoms with van der Waals surface area (Å²) in [6.45, 7) is 4.89. The van der Waals surface area contributed by atoms with Gasteiger partial charge in [0, 0.05) is 0 Å². The molecule has 0 unspecified atom stereocenters. The molecule has 0 radical (unpaired) electrons. The van der Waals surface area contributed by atoms with Gasteiger partial charge in [-0.1, -0.05) is 0 Å². The molecule has 4 aromatic carbocycles. The Labute approximate surface area is 246 Å². The summed E-state index contributed by atoms with van der Waals surface area (Å²) < 4.78 is 73.6. The van der Waals surface area contributed by atoms with Gasteiger partial charge in [-0.05, 0) is 111 Å². The highest BCUT2D eigenvalue weighted by molar-refractivity contribution is 7.91. The van der Waals surface area contributed by atoms with Crippen LogP contribution in [0.3, 0.4) is 0 Å². The first-order valence-electron chi connectivity index (χ1n) is 13.1. The van der Waals surface area contributed by atoms with Gasteiger partial charge >= 0.3 is 0 Å². The number of rotatable bonds is 14. The van der Waals surface area contributed by atoms with Crippen LogP contribution < -0.4 is 14.2 Å². The van der Waals surface area contributed by atoms with E-state index in [4.69, 9.17) is 18.9 Å². The first-order valence-corrected chi connectivity index (χ1v) is 16.1. The summed E-state index contributed by atoms with van der Waals surface area (Å²) in [5.41, 5.74) is 0. The summed E-state index contributed by atoms with van der Waals surface area (Å²) in [6.07, 6.45) is -0.00335. The quantitative estimate of drug-likeness (QED) is 0.188. The predicted molar refractivity (Wildman–Crippen MR) is 156 cm³/mol. The third kappa shape index (κ3) is 8.03. The summed E-state index contributed by atoms with van der Waals surface area (Å²) in [7, 11) is -7.37. The monoisotopic (exact) mass is 612 g/mol. The van der Waals surface area contributed by atoms with Crippen LogP contribution in [0.4, 0.5) is 0 Å². The third-order valence-electron chi connectivity index (χ3n) is 5.91. The molecule has 222 valence electrons. The Morgan fingerprint density at radius 1 is 0.524 bits per heavy atom. The Morgan fingerprint density at radius 2 is 0.857 bits per heavy atom. The van der Waals surface area contributed by atoms with Crippen molar-refractivity contribution in [2.45, 2.75) is 39.5 Å². The Balaban J connectivity index is 1.17. The second kappa shape index (κ2) is 13.7. The van der Waals surface area contributed by atoms with Crippen LogP contribution in [0, 0.1) is 0 Å². The number of phenolic OH excluding ortho intramolecular Hbond substituents is 1. The van der Waals surface area contributed by atoms with Gasteiger partial charge in [0.2, 0.25) is 19.7 Å². The highest BCUT2D eigenvalue weighted by Crippen LogP contribution is 2.26. The van der Waals surface area contributed by atoms with Crippen molar-refractivity contribution in [1.82, 2.24) is 0 Å². The summed E-state index contributed by atoms with van der Waals surface area (Å²) in [5.74, 6) is 1.60. The lowest BCUT2D eigenvalue weighted by Crippen LogP contribution is -2.12. The smallest absolute Gasteiger partial charge is 0.206 e. The van der Waals surface area contributed by atoms with Crippen LogP contribution in [0.1, 0.15) is 13.8 Å². The molecule has 0 bridgehead atoms. The van der Waals surface area contributed by atoms with E-state index in [0.29, 0.717) is 17.2 Å². The Bertz CT molecular complexity index is 1650. The zero-order chi connectivity index (χ0) is 30.2. The van der Waals surface area contributed by atoms with E-state index in [9.17, 15) is 21.9 Å². The average Bonchev–Trinajstić information content (AvgIpc) is 2.97. The van der Waals surface area contributed by atoms with Gasteiger partial charge in [-0.15, -0.1) is 0 Å². The van der Waals surface area contributed by atoms with Crippen LogP contribution >= 0.6 is 0 Å². The number of benzene rings is 4. The molecule has 0 spiro atoms. The van der Waals surface area contributed by atoms with E-state index in [2.05, 4.69) is 0 Å². The van der Waals surface area contributed by atoms with Crippen molar-refractivity contribution in [3.8, 4) is 23.0 Å². The number of phenols is 1. The molecule has 0 saturated carbocycles. The van der Waals surface area contributed by atoms with Gasteiger partial charge in [0.15, 0.2) is 0 Å². The fourth-order valence-electron chi connectivity index (χ4n) is 3.84. The maximum absolute atomic E-state index is 12.9. The molecular formula is C31H32O9S2. The van der Waals surface area contributed by atoms with Gasteiger partial charge in [0.25, 0.3) is 0 Å².